The third-order valence-corrected chi connectivity index (χ3v) is 3.24. The van der Waals surface area contributed by atoms with Gasteiger partial charge in [-0.1, -0.05) is 41.1 Å². The summed E-state index contributed by atoms with van der Waals surface area (Å²) in [6.45, 7) is 6.62. The van der Waals surface area contributed by atoms with Gasteiger partial charge in [0.1, 0.15) is 0 Å². The van der Waals surface area contributed by atoms with E-state index in [-0.39, 0.29) is 0 Å². The van der Waals surface area contributed by atoms with E-state index in [1.807, 2.05) is 6.07 Å². The van der Waals surface area contributed by atoms with Gasteiger partial charge in [-0.2, -0.15) is 0 Å². The van der Waals surface area contributed by atoms with Gasteiger partial charge >= 0.3 is 0 Å². The maximum Gasteiger partial charge on any atom is 0.0305 e. The van der Waals surface area contributed by atoms with Gasteiger partial charge in [0.05, 0.1) is 0 Å². The minimum atomic E-state index is 0.403. The zero-order valence-corrected chi connectivity index (χ0v) is 10.6. The lowest BCUT2D eigenvalue weighted by molar-refractivity contribution is 0.468. The molecule has 1 aromatic rings. The quantitative estimate of drug-likeness (QED) is 0.861. The molecule has 1 aromatic carbocycles. The van der Waals surface area contributed by atoms with Crippen LogP contribution in [-0.4, -0.2) is 6.04 Å². The molecule has 1 N–H and O–H groups in total. The first-order valence-electron chi connectivity index (χ1n) is 5.15. The first-order valence-corrected chi connectivity index (χ1v) is 5.95. The third-order valence-electron chi connectivity index (χ3n) is 2.52. The van der Waals surface area contributed by atoms with E-state index in [4.69, 9.17) is 0 Å². The van der Waals surface area contributed by atoms with E-state index in [0.29, 0.717) is 12.1 Å². The van der Waals surface area contributed by atoms with Crippen molar-refractivity contribution < 1.29 is 0 Å². The first-order chi connectivity index (χ1) is 6.65. The van der Waals surface area contributed by atoms with Crippen LogP contribution in [0, 0.1) is 0 Å². The molecule has 0 aliphatic carbocycles. The Balaban J connectivity index is 2.69. The fourth-order valence-corrected chi connectivity index (χ4v) is 2.09. The van der Waals surface area contributed by atoms with Crippen molar-refractivity contribution in [3.8, 4) is 0 Å². The maximum absolute atomic E-state index is 3.57. The van der Waals surface area contributed by atoms with Crippen molar-refractivity contribution in [3.05, 3.63) is 34.3 Å². The number of hydrogen-bond donors (Lipinski definition) is 1. The first kappa shape index (κ1) is 11.7. The Hall–Kier alpha value is -0.340. The van der Waals surface area contributed by atoms with E-state index in [2.05, 4.69) is 60.2 Å². The topological polar surface area (TPSA) is 12.0 Å². The predicted molar refractivity (Wildman–Crippen MR) is 65.4 cm³/mol. The molecular formula is C12H18BrN. The van der Waals surface area contributed by atoms with E-state index in [1.54, 1.807) is 0 Å². The molecule has 0 aliphatic heterocycles. The molecule has 14 heavy (non-hydrogen) atoms. The Morgan fingerprint density at radius 1 is 1.29 bits per heavy atom. The van der Waals surface area contributed by atoms with Crippen LogP contribution in [0.3, 0.4) is 0 Å². The molecule has 1 rings (SSSR count). The van der Waals surface area contributed by atoms with Gasteiger partial charge in [0, 0.05) is 16.6 Å². The molecule has 0 spiro atoms. The average Bonchev–Trinajstić information content (AvgIpc) is 2.18. The lowest BCUT2D eigenvalue weighted by Crippen LogP contribution is -2.28. The smallest absolute Gasteiger partial charge is 0.0305 e. The molecule has 0 saturated heterocycles. The van der Waals surface area contributed by atoms with Crippen molar-refractivity contribution in [1.29, 1.82) is 0 Å². The molecule has 0 heterocycles. The predicted octanol–water partition coefficient (Wildman–Crippen LogP) is 3.90. The fourth-order valence-electron chi connectivity index (χ4n) is 1.46. The molecule has 1 nitrogen and oxygen atoms in total. The third kappa shape index (κ3) is 3.10. The van der Waals surface area contributed by atoms with Gasteiger partial charge in [0.25, 0.3) is 0 Å². The van der Waals surface area contributed by atoms with Gasteiger partial charge in [0.2, 0.25) is 0 Å². The Labute approximate surface area is 95.0 Å². The van der Waals surface area contributed by atoms with Crippen LogP contribution in [0.5, 0.6) is 0 Å². The highest BCUT2D eigenvalue weighted by Gasteiger charge is 2.09. The second-order valence-electron chi connectivity index (χ2n) is 3.72. The molecule has 0 aliphatic rings. The van der Waals surface area contributed by atoms with Crippen molar-refractivity contribution in [2.24, 2.45) is 0 Å². The Bertz CT molecular complexity index is 285. The summed E-state index contributed by atoms with van der Waals surface area (Å²) in [5.41, 5.74) is 1.33. The van der Waals surface area contributed by atoms with E-state index < -0.39 is 0 Å². The second kappa shape index (κ2) is 5.52. The number of nitrogens with one attached hydrogen (secondary N) is 1. The summed E-state index contributed by atoms with van der Waals surface area (Å²) < 4.78 is 1.18. The van der Waals surface area contributed by atoms with Gasteiger partial charge in [-0.25, -0.2) is 0 Å². The number of halogens is 1. The molecule has 0 unspecified atom stereocenters. The highest BCUT2D eigenvalue weighted by Crippen LogP contribution is 2.23. The summed E-state index contributed by atoms with van der Waals surface area (Å²) in [7, 11) is 0. The number of hydrogen-bond acceptors (Lipinski definition) is 1. The van der Waals surface area contributed by atoms with Gasteiger partial charge < -0.3 is 5.32 Å². The fraction of sp³-hybridized carbons (Fsp3) is 0.500. The molecule has 0 bridgehead atoms. The summed E-state index contributed by atoms with van der Waals surface area (Å²) in [6, 6.07) is 9.34. The number of benzene rings is 1. The van der Waals surface area contributed by atoms with E-state index in [9.17, 15) is 0 Å². The van der Waals surface area contributed by atoms with Crippen LogP contribution in [0.15, 0.2) is 28.7 Å². The van der Waals surface area contributed by atoms with Crippen molar-refractivity contribution >= 4 is 15.9 Å². The Morgan fingerprint density at radius 3 is 2.50 bits per heavy atom. The maximum atomic E-state index is 3.57. The summed E-state index contributed by atoms with van der Waals surface area (Å²) in [6.07, 6.45) is 1.16. The summed E-state index contributed by atoms with van der Waals surface area (Å²) in [5.74, 6) is 0. The molecular weight excluding hydrogens is 238 g/mol. The molecule has 0 aromatic heterocycles. The normalized spacial score (nSPS) is 15.1. The zero-order chi connectivity index (χ0) is 10.6. The minimum Gasteiger partial charge on any atom is -0.308 e. The second-order valence-corrected chi connectivity index (χ2v) is 4.57. The van der Waals surface area contributed by atoms with E-state index in [0.717, 1.165) is 6.42 Å². The summed E-state index contributed by atoms with van der Waals surface area (Å²) in [5, 5.41) is 3.56. The summed E-state index contributed by atoms with van der Waals surface area (Å²) >= 11 is 3.57. The molecule has 0 saturated carbocycles. The Morgan fingerprint density at radius 2 is 1.93 bits per heavy atom. The van der Waals surface area contributed by atoms with Crippen molar-refractivity contribution in [1.82, 2.24) is 5.32 Å². The SMILES string of the molecule is CC[C@H](C)N[C@@H](C)c1ccccc1Br. The molecule has 0 amide bonds. The molecule has 0 fully saturated rings. The van der Waals surface area contributed by atoms with Crippen LogP contribution in [0.4, 0.5) is 0 Å². The lowest BCUT2D eigenvalue weighted by Gasteiger charge is -2.20. The number of rotatable bonds is 4. The lowest BCUT2D eigenvalue weighted by atomic mass is 10.1. The highest BCUT2D eigenvalue weighted by molar-refractivity contribution is 9.10. The molecule has 0 radical (unpaired) electrons. The largest absolute Gasteiger partial charge is 0.308 e. The highest BCUT2D eigenvalue weighted by atomic mass is 79.9. The average molecular weight is 256 g/mol. The van der Waals surface area contributed by atoms with Gasteiger partial charge in [-0.05, 0) is 31.9 Å². The van der Waals surface area contributed by atoms with Crippen LogP contribution in [0.2, 0.25) is 0 Å². The summed E-state index contributed by atoms with van der Waals surface area (Å²) in [4.78, 5) is 0. The van der Waals surface area contributed by atoms with Crippen LogP contribution in [-0.2, 0) is 0 Å². The van der Waals surface area contributed by atoms with Crippen LogP contribution >= 0.6 is 15.9 Å². The van der Waals surface area contributed by atoms with Gasteiger partial charge in [-0.15, -0.1) is 0 Å². The van der Waals surface area contributed by atoms with Crippen molar-refractivity contribution in [2.75, 3.05) is 0 Å². The molecule has 2 atom stereocenters. The Kier molecular flexibility index (Phi) is 4.63. The minimum absolute atomic E-state index is 0.403. The monoisotopic (exact) mass is 255 g/mol. The van der Waals surface area contributed by atoms with E-state index >= 15 is 0 Å². The standard InChI is InChI=1S/C12H18BrN/c1-4-9(2)14-10(3)11-7-5-6-8-12(11)13/h5-10,14H,4H2,1-3H3/t9-,10-/m0/s1. The van der Waals surface area contributed by atoms with Crippen molar-refractivity contribution in [2.45, 2.75) is 39.3 Å². The molecule has 78 valence electrons. The van der Waals surface area contributed by atoms with Gasteiger partial charge in [0.15, 0.2) is 0 Å². The van der Waals surface area contributed by atoms with E-state index in [1.165, 1.54) is 10.0 Å². The van der Waals surface area contributed by atoms with Crippen LogP contribution < -0.4 is 5.32 Å². The van der Waals surface area contributed by atoms with Crippen molar-refractivity contribution in [3.63, 3.8) is 0 Å². The zero-order valence-electron chi connectivity index (χ0n) is 9.05. The van der Waals surface area contributed by atoms with Crippen LogP contribution in [0.25, 0.3) is 0 Å². The van der Waals surface area contributed by atoms with Crippen LogP contribution in [0.1, 0.15) is 38.8 Å². The molecule has 2 heteroatoms. The van der Waals surface area contributed by atoms with Gasteiger partial charge in [-0.3, -0.25) is 0 Å².